The second-order valence-corrected chi connectivity index (χ2v) is 8.52. The number of carboxylic acids is 1. The van der Waals surface area contributed by atoms with Crippen LogP contribution in [0.15, 0.2) is 0 Å². The molecule has 0 rings (SSSR count). The normalized spacial score (nSPS) is 14.6. The van der Waals surface area contributed by atoms with Crippen LogP contribution in [0.1, 0.15) is 19.3 Å². The highest BCUT2D eigenvalue weighted by Gasteiger charge is 2.30. The first-order valence-corrected chi connectivity index (χ1v) is 12.1. The minimum atomic E-state index is -1.50. The standard InChI is InChI=1S/C17H31N5O7S2/c1-30-5-3-9(18)14(25)21-11(7-13(19)24)15(26)22-12(8-23)16(27)20-10(17(28)29)4-6-31-2/h9-12,23H,3-8,18H2,1-2H3,(H2,19,24)(H,20,27)(H,21,25)(H,22,26)(H,28,29). The number of carbonyl (C=O) groups excluding carboxylic acids is 4. The van der Waals surface area contributed by atoms with Crippen molar-refractivity contribution >= 4 is 53.1 Å². The van der Waals surface area contributed by atoms with Crippen LogP contribution in [0.25, 0.3) is 0 Å². The molecule has 0 aliphatic rings. The van der Waals surface area contributed by atoms with Gasteiger partial charge in [-0.25, -0.2) is 4.79 Å². The summed E-state index contributed by atoms with van der Waals surface area (Å²) in [6.45, 7) is -0.836. The van der Waals surface area contributed by atoms with Crippen LogP contribution in [-0.4, -0.2) is 94.6 Å². The molecule has 4 amide bonds. The molecule has 0 aliphatic heterocycles. The summed E-state index contributed by atoms with van der Waals surface area (Å²) in [5.74, 6) is -3.62. The van der Waals surface area contributed by atoms with E-state index in [1.807, 2.05) is 6.26 Å². The summed E-state index contributed by atoms with van der Waals surface area (Å²) >= 11 is 2.87. The van der Waals surface area contributed by atoms with Crippen LogP contribution in [0.5, 0.6) is 0 Å². The summed E-state index contributed by atoms with van der Waals surface area (Å²) in [5.41, 5.74) is 10.9. The number of hydrogen-bond acceptors (Lipinski definition) is 9. The lowest BCUT2D eigenvalue weighted by Crippen LogP contribution is -2.58. The molecule has 31 heavy (non-hydrogen) atoms. The smallest absolute Gasteiger partial charge is 0.326 e. The zero-order valence-electron chi connectivity index (χ0n) is 17.5. The van der Waals surface area contributed by atoms with Crippen LogP contribution in [0.3, 0.4) is 0 Å². The third-order valence-electron chi connectivity index (χ3n) is 4.05. The maximum absolute atomic E-state index is 12.5. The molecule has 0 saturated heterocycles. The molecule has 14 heteroatoms. The van der Waals surface area contributed by atoms with Gasteiger partial charge in [0.15, 0.2) is 0 Å². The van der Waals surface area contributed by atoms with Crippen molar-refractivity contribution in [2.24, 2.45) is 11.5 Å². The van der Waals surface area contributed by atoms with Crippen molar-refractivity contribution in [1.29, 1.82) is 0 Å². The van der Waals surface area contributed by atoms with Crippen LogP contribution in [0.2, 0.25) is 0 Å². The molecule has 4 unspecified atom stereocenters. The second-order valence-electron chi connectivity index (χ2n) is 6.54. The maximum atomic E-state index is 12.5. The summed E-state index contributed by atoms with van der Waals surface area (Å²) in [4.78, 5) is 59.6. The number of nitrogens with two attached hydrogens (primary N) is 2. The average molecular weight is 482 g/mol. The molecule has 0 aromatic carbocycles. The van der Waals surface area contributed by atoms with Gasteiger partial charge in [0.05, 0.1) is 19.1 Å². The molecule has 0 heterocycles. The van der Waals surface area contributed by atoms with E-state index in [0.29, 0.717) is 17.9 Å². The van der Waals surface area contributed by atoms with Crippen LogP contribution < -0.4 is 27.4 Å². The number of nitrogens with one attached hydrogen (secondary N) is 3. The number of thioether (sulfide) groups is 2. The molecule has 0 saturated carbocycles. The Morgan fingerprint density at radius 2 is 1.32 bits per heavy atom. The Bertz CT molecular complexity index is 638. The number of aliphatic hydroxyl groups excluding tert-OH is 1. The Kier molecular flexibility index (Phi) is 14.7. The zero-order chi connectivity index (χ0) is 24.0. The highest BCUT2D eigenvalue weighted by Crippen LogP contribution is 2.03. The quantitative estimate of drug-likeness (QED) is 0.120. The summed E-state index contributed by atoms with van der Waals surface area (Å²) in [6.07, 6.45) is 3.54. The van der Waals surface area contributed by atoms with Crippen LogP contribution in [0, 0.1) is 0 Å². The van der Waals surface area contributed by atoms with Crippen LogP contribution in [-0.2, 0) is 24.0 Å². The van der Waals surface area contributed by atoms with E-state index >= 15 is 0 Å². The highest BCUT2D eigenvalue weighted by atomic mass is 32.2. The summed E-state index contributed by atoms with van der Waals surface area (Å²) in [5, 5.41) is 25.4. The molecule has 4 atom stereocenters. The van der Waals surface area contributed by atoms with Gasteiger partial charge < -0.3 is 37.6 Å². The van der Waals surface area contributed by atoms with Crippen LogP contribution in [0.4, 0.5) is 0 Å². The van der Waals surface area contributed by atoms with Crippen molar-refractivity contribution in [3.8, 4) is 0 Å². The van der Waals surface area contributed by atoms with Gasteiger partial charge in [-0.2, -0.15) is 23.5 Å². The Morgan fingerprint density at radius 3 is 1.81 bits per heavy atom. The van der Waals surface area contributed by atoms with Gasteiger partial charge in [-0.3, -0.25) is 19.2 Å². The molecule has 0 aromatic heterocycles. The fourth-order valence-electron chi connectivity index (χ4n) is 2.30. The maximum Gasteiger partial charge on any atom is 0.326 e. The second kappa shape index (κ2) is 15.7. The van der Waals surface area contributed by atoms with E-state index in [2.05, 4.69) is 16.0 Å². The molecule has 0 radical (unpaired) electrons. The fraction of sp³-hybridized carbons (Fsp3) is 0.706. The number of hydrogen-bond donors (Lipinski definition) is 7. The summed E-state index contributed by atoms with van der Waals surface area (Å²) in [7, 11) is 0. The van der Waals surface area contributed by atoms with Gasteiger partial charge in [0.2, 0.25) is 23.6 Å². The molecule has 0 aromatic rings. The summed E-state index contributed by atoms with van der Waals surface area (Å²) < 4.78 is 0. The third-order valence-corrected chi connectivity index (χ3v) is 5.34. The van der Waals surface area contributed by atoms with E-state index in [0.717, 1.165) is 0 Å². The number of amides is 4. The number of carbonyl (C=O) groups is 5. The van der Waals surface area contributed by atoms with E-state index < -0.39 is 66.8 Å². The predicted octanol–water partition coefficient (Wildman–Crippen LogP) is -2.77. The van der Waals surface area contributed by atoms with E-state index in [1.54, 1.807) is 6.26 Å². The zero-order valence-corrected chi connectivity index (χ0v) is 19.1. The van der Waals surface area contributed by atoms with Crippen molar-refractivity contribution in [3.05, 3.63) is 0 Å². The molecule has 0 bridgehead atoms. The van der Waals surface area contributed by atoms with E-state index in [1.165, 1.54) is 23.5 Å². The van der Waals surface area contributed by atoms with Gasteiger partial charge in [-0.05, 0) is 36.9 Å². The molecular weight excluding hydrogens is 450 g/mol. The topological polar surface area (TPSA) is 214 Å². The third kappa shape index (κ3) is 11.8. The van der Waals surface area contributed by atoms with E-state index in [-0.39, 0.29) is 6.42 Å². The van der Waals surface area contributed by atoms with E-state index in [9.17, 15) is 34.2 Å². The molecule has 12 nitrogen and oxygen atoms in total. The molecule has 0 fully saturated rings. The number of aliphatic carboxylic acids is 1. The van der Waals surface area contributed by atoms with Gasteiger partial charge in [0.25, 0.3) is 0 Å². The summed E-state index contributed by atoms with van der Waals surface area (Å²) in [6, 6.07) is -5.04. The average Bonchev–Trinajstić information content (AvgIpc) is 2.71. The van der Waals surface area contributed by atoms with Gasteiger partial charge in [-0.15, -0.1) is 0 Å². The minimum absolute atomic E-state index is 0.141. The van der Waals surface area contributed by atoms with Crippen molar-refractivity contribution in [1.82, 2.24) is 16.0 Å². The van der Waals surface area contributed by atoms with Gasteiger partial charge in [-0.1, -0.05) is 0 Å². The Balaban J connectivity index is 5.16. The molecule has 9 N–H and O–H groups in total. The number of aliphatic hydroxyl groups is 1. The number of rotatable bonds is 16. The lowest BCUT2D eigenvalue weighted by molar-refractivity contribution is -0.142. The highest BCUT2D eigenvalue weighted by molar-refractivity contribution is 7.98. The van der Waals surface area contributed by atoms with Crippen LogP contribution >= 0.6 is 23.5 Å². The van der Waals surface area contributed by atoms with Crippen molar-refractivity contribution in [2.75, 3.05) is 30.6 Å². The van der Waals surface area contributed by atoms with Gasteiger partial charge in [0.1, 0.15) is 18.1 Å². The largest absolute Gasteiger partial charge is 0.480 e. The van der Waals surface area contributed by atoms with E-state index in [4.69, 9.17) is 11.5 Å². The number of primary amides is 1. The first-order chi connectivity index (χ1) is 14.6. The SMILES string of the molecule is CSCCC(N)C(=O)NC(CC(N)=O)C(=O)NC(CO)C(=O)NC(CCSC)C(=O)O. The first-order valence-electron chi connectivity index (χ1n) is 9.33. The minimum Gasteiger partial charge on any atom is -0.480 e. The monoisotopic (exact) mass is 481 g/mol. The molecule has 0 aliphatic carbocycles. The molecule has 178 valence electrons. The Morgan fingerprint density at radius 1 is 0.839 bits per heavy atom. The lowest BCUT2D eigenvalue weighted by atomic mass is 10.1. The predicted molar refractivity (Wildman–Crippen MR) is 118 cm³/mol. The first kappa shape index (κ1) is 29.0. The lowest BCUT2D eigenvalue weighted by Gasteiger charge is -2.23. The fourth-order valence-corrected chi connectivity index (χ4v) is 3.26. The molecule has 0 spiro atoms. The van der Waals surface area contributed by atoms with Crippen molar-refractivity contribution < 1.29 is 34.2 Å². The van der Waals surface area contributed by atoms with Crippen molar-refractivity contribution in [2.45, 2.75) is 43.4 Å². The Hall–Kier alpha value is -2.03. The number of carboxylic acid groups (broad SMARTS) is 1. The Labute approximate surface area is 189 Å². The van der Waals surface area contributed by atoms with Gasteiger partial charge in [0, 0.05) is 0 Å². The van der Waals surface area contributed by atoms with Crippen molar-refractivity contribution in [3.63, 3.8) is 0 Å². The molecular formula is C17H31N5O7S2. The van der Waals surface area contributed by atoms with Gasteiger partial charge >= 0.3 is 5.97 Å².